The summed E-state index contributed by atoms with van der Waals surface area (Å²) in [6.07, 6.45) is 1.59. The van der Waals surface area contributed by atoms with Crippen LogP contribution in [0.1, 0.15) is 10.4 Å². The monoisotopic (exact) mass is 386 g/mol. The molecule has 0 atom stereocenters. The fraction of sp³-hybridized carbons (Fsp3) is 0.211. The fourth-order valence-electron chi connectivity index (χ4n) is 3.02. The topological polar surface area (TPSA) is 62.5 Å². The minimum atomic E-state index is -0.460. The molecule has 0 saturated carbocycles. The highest BCUT2D eigenvalue weighted by Crippen LogP contribution is 2.22. The molecule has 3 aromatic rings. The van der Waals surface area contributed by atoms with Gasteiger partial charge in [-0.1, -0.05) is 11.6 Å². The SMILES string of the molecule is O=C(c1ccc(F)cc1Cl)N1CCN(c2ccc(-c3ccco3)nn2)CC1. The van der Waals surface area contributed by atoms with Crippen LogP contribution >= 0.6 is 11.6 Å². The Kier molecular flexibility index (Phi) is 4.77. The fourth-order valence-corrected chi connectivity index (χ4v) is 3.27. The van der Waals surface area contributed by atoms with E-state index in [4.69, 9.17) is 16.0 Å². The van der Waals surface area contributed by atoms with Crippen molar-refractivity contribution >= 4 is 23.3 Å². The van der Waals surface area contributed by atoms with Crippen molar-refractivity contribution in [2.45, 2.75) is 0 Å². The molecule has 4 rings (SSSR count). The van der Waals surface area contributed by atoms with Crippen LogP contribution in [0.25, 0.3) is 11.5 Å². The first-order valence-corrected chi connectivity index (χ1v) is 8.86. The van der Waals surface area contributed by atoms with Gasteiger partial charge in [-0.15, -0.1) is 10.2 Å². The average molecular weight is 387 g/mol. The molecule has 0 N–H and O–H groups in total. The lowest BCUT2D eigenvalue weighted by Crippen LogP contribution is -2.49. The molecule has 0 bridgehead atoms. The summed E-state index contributed by atoms with van der Waals surface area (Å²) in [5.74, 6) is 0.759. The third kappa shape index (κ3) is 3.64. The molecule has 0 unspecified atom stereocenters. The van der Waals surface area contributed by atoms with Crippen LogP contribution in [0.15, 0.2) is 53.1 Å². The lowest BCUT2D eigenvalue weighted by atomic mass is 10.1. The van der Waals surface area contributed by atoms with Crippen molar-refractivity contribution in [3.05, 3.63) is 65.1 Å². The van der Waals surface area contributed by atoms with E-state index in [1.807, 2.05) is 18.2 Å². The van der Waals surface area contributed by atoms with Crippen molar-refractivity contribution in [2.75, 3.05) is 31.1 Å². The minimum Gasteiger partial charge on any atom is -0.463 e. The average Bonchev–Trinajstić information content (AvgIpc) is 3.23. The van der Waals surface area contributed by atoms with Gasteiger partial charge in [-0.25, -0.2) is 4.39 Å². The van der Waals surface area contributed by atoms with Crippen LogP contribution in [0, 0.1) is 5.82 Å². The van der Waals surface area contributed by atoms with E-state index < -0.39 is 5.82 Å². The van der Waals surface area contributed by atoms with Gasteiger partial charge >= 0.3 is 0 Å². The molecule has 0 aliphatic carbocycles. The zero-order valence-electron chi connectivity index (χ0n) is 14.3. The van der Waals surface area contributed by atoms with Crippen molar-refractivity contribution in [2.24, 2.45) is 0 Å². The molecule has 1 saturated heterocycles. The Bertz CT molecular complexity index is 939. The smallest absolute Gasteiger partial charge is 0.255 e. The van der Waals surface area contributed by atoms with Crippen LogP contribution in [-0.4, -0.2) is 47.2 Å². The number of halogens is 2. The van der Waals surface area contributed by atoms with Crippen LogP contribution in [0.4, 0.5) is 10.2 Å². The molecule has 1 amide bonds. The molecule has 0 spiro atoms. The Hall–Kier alpha value is -2.93. The Morgan fingerprint density at radius 2 is 1.89 bits per heavy atom. The number of piperazine rings is 1. The lowest BCUT2D eigenvalue weighted by Gasteiger charge is -2.35. The molecule has 1 aliphatic heterocycles. The van der Waals surface area contributed by atoms with Gasteiger partial charge in [0.1, 0.15) is 11.5 Å². The molecule has 1 aliphatic rings. The number of hydrogen-bond acceptors (Lipinski definition) is 5. The molecular weight excluding hydrogens is 371 g/mol. The zero-order chi connectivity index (χ0) is 18.8. The summed E-state index contributed by atoms with van der Waals surface area (Å²) in [4.78, 5) is 16.4. The number of rotatable bonds is 3. The molecule has 6 nitrogen and oxygen atoms in total. The highest BCUT2D eigenvalue weighted by molar-refractivity contribution is 6.33. The highest BCUT2D eigenvalue weighted by Gasteiger charge is 2.24. The van der Waals surface area contributed by atoms with Crippen molar-refractivity contribution in [3.63, 3.8) is 0 Å². The van der Waals surface area contributed by atoms with Gasteiger partial charge in [0.15, 0.2) is 11.6 Å². The summed E-state index contributed by atoms with van der Waals surface area (Å²) in [5, 5.41) is 8.59. The maximum Gasteiger partial charge on any atom is 0.255 e. The number of aromatic nitrogens is 2. The van der Waals surface area contributed by atoms with E-state index >= 15 is 0 Å². The first-order chi connectivity index (χ1) is 13.1. The van der Waals surface area contributed by atoms with Crippen LogP contribution in [0.3, 0.4) is 0 Å². The standard InChI is InChI=1S/C19H16ClFN4O2/c20-15-12-13(21)3-4-14(15)19(26)25-9-7-24(8-10-25)18-6-5-16(22-23-18)17-2-1-11-27-17/h1-6,11-12H,7-10H2. The van der Waals surface area contributed by atoms with Crippen LogP contribution in [-0.2, 0) is 0 Å². The van der Waals surface area contributed by atoms with Gasteiger partial charge in [-0.2, -0.15) is 0 Å². The van der Waals surface area contributed by atoms with Gasteiger partial charge < -0.3 is 14.2 Å². The van der Waals surface area contributed by atoms with E-state index in [1.54, 1.807) is 17.2 Å². The summed E-state index contributed by atoms with van der Waals surface area (Å²) in [5.41, 5.74) is 0.984. The summed E-state index contributed by atoms with van der Waals surface area (Å²) in [7, 11) is 0. The van der Waals surface area contributed by atoms with E-state index in [1.165, 1.54) is 12.1 Å². The quantitative estimate of drug-likeness (QED) is 0.689. The van der Waals surface area contributed by atoms with Crippen molar-refractivity contribution < 1.29 is 13.6 Å². The number of furan rings is 1. The van der Waals surface area contributed by atoms with Gasteiger partial charge in [0.25, 0.3) is 5.91 Å². The second-order valence-electron chi connectivity index (χ2n) is 6.16. The van der Waals surface area contributed by atoms with Crippen LogP contribution in [0.2, 0.25) is 5.02 Å². The second-order valence-corrected chi connectivity index (χ2v) is 6.56. The number of carbonyl (C=O) groups excluding carboxylic acids is 1. The first-order valence-electron chi connectivity index (χ1n) is 8.49. The Morgan fingerprint density at radius 1 is 1.07 bits per heavy atom. The predicted molar refractivity (Wildman–Crippen MR) is 99.3 cm³/mol. The molecule has 3 heterocycles. The van der Waals surface area contributed by atoms with Crippen LogP contribution in [0.5, 0.6) is 0 Å². The Labute approximate surface area is 160 Å². The minimum absolute atomic E-state index is 0.127. The number of amides is 1. The maximum atomic E-state index is 13.2. The van der Waals surface area contributed by atoms with Gasteiger partial charge in [0.05, 0.1) is 16.8 Å². The summed E-state index contributed by atoms with van der Waals surface area (Å²) < 4.78 is 18.5. The second kappa shape index (κ2) is 7.36. The van der Waals surface area contributed by atoms with E-state index in [0.717, 1.165) is 11.9 Å². The third-order valence-corrected chi connectivity index (χ3v) is 4.79. The van der Waals surface area contributed by atoms with Gasteiger partial charge in [0.2, 0.25) is 0 Å². The summed E-state index contributed by atoms with van der Waals surface area (Å²) in [6.45, 7) is 2.29. The third-order valence-electron chi connectivity index (χ3n) is 4.48. The van der Waals surface area contributed by atoms with E-state index in [2.05, 4.69) is 15.1 Å². The number of anilines is 1. The number of carbonyl (C=O) groups is 1. The number of hydrogen-bond donors (Lipinski definition) is 0. The molecule has 8 heteroatoms. The molecule has 138 valence electrons. The molecule has 1 fully saturated rings. The van der Waals surface area contributed by atoms with E-state index in [9.17, 15) is 9.18 Å². The van der Waals surface area contributed by atoms with E-state index in [0.29, 0.717) is 43.2 Å². The Morgan fingerprint density at radius 3 is 2.52 bits per heavy atom. The van der Waals surface area contributed by atoms with Crippen molar-refractivity contribution in [3.8, 4) is 11.5 Å². The molecule has 2 aromatic heterocycles. The number of nitrogens with zero attached hydrogens (tertiary/aromatic N) is 4. The summed E-state index contributed by atoms with van der Waals surface area (Å²) >= 11 is 6.00. The Balaban J connectivity index is 1.40. The lowest BCUT2D eigenvalue weighted by molar-refractivity contribution is 0.0746. The molecular formula is C19H16ClFN4O2. The molecule has 1 aromatic carbocycles. The van der Waals surface area contributed by atoms with Crippen molar-refractivity contribution in [1.82, 2.24) is 15.1 Å². The highest BCUT2D eigenvalue weighted by atomic mass is 35.5. The maximum absolute atomic E-state index is 13.2. The van der Waals surface area contributed by atoms with Gasteiger partial charge in [-0.3, -0.25) is 4.79 Å². The van der Waals surface area contributed by atoms with E-state index in [-0.39, 0.29) is 10.9 Å². The number of benzene rings is 1. The normalized spacial score (nSPS) is 14.4. The van der Waals surface area contributed by atoms with Gasteiger partial charge in [-0.05, 0) is 42.5 Å². The summed E-state index contributed by atoms with van der Waals surface area (Å²) in [6, 6.07) is 11.2. The first kappa shape index (κ1) is 17.5. The molecule has 27 heavy (non-hydrogen) atoms. The zero-order valence-corrected chi connectivity index (χ0v) is 15.1. The largest absolute Gasteiger partial charge is 0.463 e. The van der Waals surface area contributed by atoms with Crippen LogP contribution < -0.4 is 4.90 Å². The molecule has 0 radical (unpaired) electrons. The predicted octanol–water partition coefficient (Wildman–Crippen LogP) is 3.49. The van der Waals surface area contributed by atoms with Crippen molar-refractivity contribution in [1.29, 1.82) is 0 Å². The van der Waals surface area contributed by atoms with Gasteiger partial charge in [0, 0.05) is 26.2 Å².